The molecule has 0 spiro atoms. The molecule has 198 valence electrons. The fraction of sp³-hybridized carbons (Fsp3) is 0.222. The van der Waals surface area contributed by atoms with Gasteiger partial charge in [-0.2, -0.15) is 18.2 Å². The molecule has 0 aliphatic heterocycles. The number of aryl methyl sites for hydroxylation is 1. The SMILES string of the molecule is COc1ncnc(C2CC2)c1-c1ccc(F)c(-c2noc(-c3ccc(-c4nc(C(F)(F)F)cn4C)cc3)n2)c1. The van der Waals surface area contributed by atoms with Crippen LogP contribution in [0.5, 0.6) is 5.88 Å². The fourth-order valence-electron chi connectivity index (χ4n) is 4.41. The Hall–Kier alpha value is -4.61. The predicted octanol–water partition coefficient (Wildman–Crippen LogP) is 6.31. The first kappa shape index (κ1) is 24.7. The molecule has 3 heterocycles. The topological polar surface area (TPSA) is 91.8 Å². The molecule has 1 saturated carbocycles. The molecule has 0 radical (unpaired) electrons. The molecule has 0 amide bonds. The van der Waals surface area contributed by atoms with Crippen molar-refractivity contribution in [1.82, 2.24) is 29.7 Å². The largest absolute Gasteiger partial charge is 0.480 e. The third-order valence-corrected chi connectivity index (χ3v) is 6.48. The van der Waals surface area contributed by atoms with Crippen molar-refractivity contribution in [3.05, 3.63) is 72.2 Å². The van der Waals surface area contributed by atoms with E-state index in [2.05, 4.69) is 25.1 Å². The van der Waals surface area contributed by atoms with Gasteiger partial charge in [0.15, 0.2) is 5.69 Å². The molecule has 8 nitrogen and oxygen atoms in total. The number of rotatable bonds is 6. The van der Waals surface area contributed by atoms with Crippen LogP contribution in [0.2, 0.25) is 0 Å². The van der Waals surface area contributed by atoms with Gasteiger partial charge in [0.2, 0.25) is 11.7 Å². The highest BCUT2D eigenvalue weighted by Crippen LogP contribution is 2.46. The number of halogens is 4. The summed E-state index contributed by atoms with van der Waals surface area (Å²) in [5, 5.41) is 3.97. The second-order valence-corrected chi connectivity index (χ2v) is 9.17. The summed E-state index contributed by atoms with van der Waals surface area (Å²) in [6.07, 6.45) is -0.127. The Morgan fingerprint density at radius 1 is 0.974 bits per heavy atom. The fourth-order valence-corrected chi connectivity index (χ4v) is 4.41. The Morgan fingerprint density at radius 3 is 2.36 bits per heavy atom. The summed E-state index contributed by atoms with van der Waals surface area (Å²) < 4.78 is 66.2. The summed E-state index contributed by atoms with van der Waals surface area (Å²) >= 11 is 0. The predicted molar refractivity (Wildman–Crippen MR) is 132 cm³/mol. The van der Waals surface area contributed by atoms with Gasteiger partial charge in [-0.15, -0.1) is 0 Å². The monoisotopic (exact) mass is 536 g/mol. The normalized spacial score (nSPS) is 13.6. The van der Waals surface area contributed by atoms with Crippen molar-refractivity contribution in [2.24, 2.45) is 7.05 Å². The maximum absolute atomic E-state index is 14.9. The number of benzene rings is 2. The van der Waals surface area contributed by atoms with Gasteiger partial charge in [0, 0.05) is 30.3 Å². The van der Waals surface area contributed by atoms with Gasteiger partial charge in [-0.1, -0.05) is 23.4 Å². The molecule has 0 saturated heterocycles. The number of nitrogens with zero attached hydrogens (tertiary/aromatic N) is 6. The van der Waals surface area contributed by atoms with Gasteiger partial charge >= 0.3 is 6.18 Å². The third kappa shape index (κ3) is 4.62. The number of hydrogen-bond acceptors (Lipinski definition) is 7. The lowest BCUT2D eigenvalue weighted by Gasteiger charge is -2.12. The Morgan fingerprint density at radius 2 is 1.69 bits per heavy atom. The molecule has 39 heavy (non-hydrogen) atoms. The van der Waals surface area contributed by atoms with Crippen LogP contribution < -0.4 is 4.74 Å². The van der Waals surface area contributed by atoms with Gasteiger partial charge in [0.25, 0.3) is 5.89 Å². The summed E-state index contributed by atoms with van der Waals surface area (Å²) in [5.41, 5.74) is 2.34. The van der Waals surface area contributed by atoms with Gasteiger partial charge in [-0.25, -0.2) is 19.3 Å². The number of hydrogen-bond donors (Lipinski definition) is 0. The molecule has 1 aliphatic carbocycles. The lowest BCUT2D eigenvalue weighted by Crippen LogP contribution is -2.04. The van der Waals surface area contributed by atoms with Crippen LogP contribution in [-0.4, -0.2) is 36.8 Å². The molecule has 1 aliphatic rings. The van der Waals surface area contributed by atoms with Crippen LogP contribution in [0.3, 0.4) is 0 Å². The highest BCUT2D eigenvalue weighted by atomic mass is 19.4. The molecule has 0 bridgehead atoms. The molecule has 2 aromatic carbocycles. The van der Waals surface area contributed by atoms with E-state index in [0.29, 0.717) is 34.1 Å². The molecule has 12 heteroatoms. The first-order valence-electron chi connectivity index (χ1n) is 12.0. The number of imidazole rings is 1. The maximum atomic E-state index is 14.9. The first-order valence-corrected chi connectivity index (χ1v) is 12.0. The molecule has 1 fully saturated rings. The summed E-state index contributed by atoms with van der Waals surface area (Å²) in [4.78, 5) is 16.7. The molecule has 6 rings (SSSR count). The first-order chi connectivity index (χ1) is 18.7. The Kier molecular flexibility index (Phi) is 5.89. The van der Waals surface area contributed by atoms with E-state index in [0.717, 1.165) is 24.7 Å². The lowest BCUT2D eigenvalue weighted by molar-refractivity contribution is -0.140. The zero-order valence-electron chi connectivity index (χ0n) is 20.7. The molecule has 5 aromatic rings. The van der Waals surface area contributed by atoms with E-state index < -0.39 is 17.7 Å². The van der Waals surface area contributed by atoms with Gasteiger partial charge in [-0.3, -0.25) is 0 Å². The molecular formula is C27H20F4N6O2. The maximum Gasteiger partial charge on any atom is 0.434 e. The van der Waals surface area contributed by atoms with Crippen LogP contribution in [0.15, 0.2) is 59.5 Å². The van der Waals surface area contributed by atoms with Crippen molar-refractivity contribution in [2.45, 2.75) is 24.9 Å². The Balaban J connectivity index is 1.32. The van der Waals surface area contributed by atoms with Crippen molar-refractivity contribution in [1.29, 1.82) is 0 Å². The van der Waals surface area contributed by atoms with Crippen LogP contribution in [0, 0.1) is 5.82 Å². The number of ether oxygens (including phenoxy) is 1. The van der Waals surface area contributed by atoms with Crippen molar-refractivity contribution in [3.63, 3.8) is 0 Å². The molecule has 0 unspecified atom stereocenters. The van der Waals surface area contributed by atoms with Crippen molar-refractivity contribution in [2.75, 3.05) is 7.11 Å². The average Bonchev–Trinajstić information content (AvgIpc) is 3.52. The van der Waals surface area contributed by atoms with E-state index >= 15 is 0 Å². The standard InChI is InChI=1S/C27H20F4N6O2/c1-37-12-20(27(29,30)31)34-24(37)15-5-7-16(8-6-15)25-35-23(36-39-25)18-11-17(9-10-19(18)28)21-22(14-3-4-14)32-13-33-26(21)38-2/h5-14H,3-4H2,1-2H3. The summed E-state index contributed by atoms with van der Waals surface area (Å²) in [7, 11) is 3.01. The van der Waals surface area contributed by atoms with Gasteiger partial charge in [0.05, 0.1) is 23.9 Å². The minimum atomic E-state index is -4.54. The van der Waals surface area contributed by atoms with Crippen molar-refractivity contribution < 1.29 is 26.8 Å². The third-order valence-electron chi connectivity index (χ3n) is 6.48. The summed E-state index contributed by atoms with van der Waals surface area (Å²) in [5.74, 6) is 0.474. The number of methoxy groups -OCH3 is 1. The van der Waals surface area contributed by atoms with Crippen LogP contribution in [-0.2, 0) is 13.2 Å². The minimum absolute atomic E-state index is 0.0381. The average molecular weight is 536 g/mol. The van der Waals surface area contributed by atoms with E-state index in [1.165, 1.54) is 31.1 Å². The zero-order valence-corrected chi connectivity index (χ0v) is 20.7. The highest BCUT2D eigenvalue weighted by Gasteiger charge is 2.34. The van der Waals surface area contributed by atoms with Gasteiger partial charge in [-0.05, 0) is 42.7 Å². The Labute approximate surface area is 219 Å². The van der Waals surface area contributed by atoms with Gasteiger partial charge in [0.1, 0.15) is 18.0 Å². The Bertz CT molecular complexity index is 1670. The van der Waals surface area contributed by atoms with E-state index in [-0.39, 0.29) is 23.1 Å². The summed E-state index contributed by atoms with van der Waals surface area (Å²) in [6.45, 7) is 0. The van der Waals surface area contributed by atoms with E-state index in [1.807, 2.05) is 0 Å². The van der Waals surface area contributed by atoms with E-state index in [4.69, 9.17) is 9.26 Å². The van der Waals surface area contributed by atoms with Crippen molar-refractivity contribution in [3.8, 4) is 51.2 Å². The smallest absolute Gasteiger partial charge is 0.434 e. The molecular weight excluding hydrogens is 516 g/mol. The lowest BCUT2D eigenvalue weighted by atomic mass is 9.99. The van der Waals surface area contributed by atoms with Crippen LogP contribution in [0.4, 0.5) is 17.6 Å². The molecule has 0 atom stereocenters. The minimum Gasteiger partial charge on any atom is -0.480 e. The quantitative estimate of drug-likeness (QED) is 0.235. The van der Waals surface area contributed by atoms with Crippen molar-refractivity contribution >= 4 is 0 Å². The van der Waals surface area contributed by atoms with Crippen LogP contribution in [0.25, 0.3) is 45.4 Å². The van der Waals surface area contributed by atoms with E-state index in [1.54, 1.807) is 36.4 Å². The van der Waals surface area contributed by atoms with Crippen LogP contribution in [0.1, 0.15) is 30.1 Å². The second kappa shape index (κ2) is 9.29. The highest BCUT2D eigenvalue weighted by molar-refractivity contribution is 5.76. The van der Waals surface area contributed by atoms with Crippen LogP contribution >= 0.6 is 0 Å². The number of aromatic nitrogens is 6. The molecule has 0 N–H and O–H groups in total. The summed E-state index contributed by atoms with van der Waals surface area (Å²) in [6, 6.07) is 11.0. The number of alkyl halides is 3. The zero-order chi connectivity index (χ0) is 27.3. The second-order valence-electron chi connectivity index (χ2n) is 9.17. The van der Waals surface area contributed by atoms with Gasteiger partial charge < -0.3 is 13.8 Å². The van der Waals surface area contributed by atoms with E-state index in [9.17, 15) is 17.6 Å². The molecule has 3 aromatic heterocycles.